The van der Waals surface area contributed by atoms with Crippen LogP contribution in [-0.2, 0) is 17.9 Å². The molecule has 0 aliphatic heterocycles. The maximum atomic E-state index is 2.44. The van der Waals surface area contributed by atoms with Crippen molar-refractivity contribution in [1.82, 2.24) is 4.57 Å². The standard InChI is InChI=1S/C22H27N2/c1-21(2)11-12-22(3,4)18-14-20-19(13-17(18)21)23(5)15-24(20)16-9-7-6-8-10-16/h6-10,13-15H,11-12H2,1-5H3/q+1. The summed E-state index contributed by atoms with van der Waals surface area (Å²) in [5, 5.41) is 0. The number of imidazole rings is 1. The Morgan fingerprint density at radius 1 is 0.875 bits per heavy atom. The third-order valence-corrected chi connectivity index (χ3v) is 5.91. The molecule has 1 heterocycles. The van der Waals surface area contributed by atoms with Gasteiger partial charge in [-0.15, -0.1) is 0 Å². The van der Waals surface area contributed by atoms with E-state index >= 15 is 0 Å². The van der Waals surface area contributed by atoms with Crippen LogP contribution in [-0.4, -0.2) is 4.57 Å². The average molecular weight is 319 g/mol. The largest absolute Gasteiger partial charge is 0.249 e. The Bertz CT molecular complexity index is 914. The average Bonchev–Trinajstić information content (AvgIpc) is 2.89. The number of aryl methyl sites for hydroxylation is 1. The van der Waals surface area contributed by atoms with E-state index in [1.54, 1.807) is 0 Å². The predicted octanol–water partition coefficient (Wildman–Crippen LogP) is 4.80. The lowest BCUT2D eigenvalue weighted by Crippen LogP contribution is -2.34. The van der Waals surface area contributed by atoms with Gasteiger partial charge in [0.25, 0.3) is 0 Å². The molecule has 0 radical (unpaired) electrons. The molecule has 1 aromatic heterocycles. The van der Waals surface area contributed by atoms with Crippen LogP contribution >= 0.6 is 0 Å². The van der Waals surface area contributed by atoms with E-state index in [1.165, 1.54) is 40.7 Å². The summed E-state index contributed by atoms with van der Waals surface area (Å²) in [7, 11) is 2.15. The fourth-order valence-corrected chi connectivity index (χ4v) is 4.16. The summed E-state index contributed by atoms with van der Waals surface area (Å²) >= 11 is 0. The van der Waals surface area contributed by atoms with Gasteiger partial charge in [-0.2, -0.15) is 4.57 Å². The molecule has 0 saturated heterocycles. The lowest BCUT2D eigenvalue weighted by molar-refractivity contribution is -0.645. The molecule has 1 aliphatic carbocycles. The molecule has 2 nitrogen and oxygen atoms in total. The summed E-state index contributed by atoms with van der Waals surface area (Å²) in [4.78, 5) is 0. The molecule has 0 saturated carbocycles. The fourth-order valence-electron chi connectivity index (χ4n) is 4.16. The molecule has 0 atom stereocenters. The van der Waals surface area contributed by atoms with Crippen LogP contribution in [0.5, 0.6) is 0 Å². The number of benzene rings is 2. The number of hydrogen-bond acceptors (Lipinski definition) is 0. The molecule has 2 heteroatoms. The molecule has 0 spiro atoms. The summed E-state index contributed by atoms with van der Waals surface area (Å²) in [6.45, 7) is 9.56. The molecule has 24 heavy (non-hydrogen) atoms. The summed E-state index contributed by atoms with van der Waals surface area (Å²) in [5.74, 6) is 0. The van der Waals surface area contributed by atoms with E-state index in [9.17, 15) is 0 Å². The van der Waals surface area contributed by atoms with Gasteiger partial charge in [0.15, 0.2) is 11.0 Å². The number of rotatable bonds is 1. The number of fused-ring (bicyclic) bond motifs is 2. The van der Waals surface area contributed by atoms with Crippen molar-refractivity contribution < 1.29 is 4.57 Å². The minimum atomic E-state index is 0.239. The van der Waals surface area contributed by atoms with Crippen LogP contribution in [0.4, 0.5) is 0 Å². The second-order valence-corrected chi connectivity index (χ2v) is 8.59. The Balaban J connectivity index is 2.05. The minimum Gasteiger partial charge on any atom is -0.232 e. The highest BCUT2D eigenvalue weighted by Crippen LogP contribution is 2.46. The Labute approximate surface area is 144 Å². The summed E-state index contributed by atoms with van der Waals surface area (Å²) in [5.41, 5.74) is 7.35. The topological polar surface area (TPSA) is 8.81 Å². The van der Waals surface area contributed by atoms with Gasteiger partial charge < -0.3 is 0 Å². The van der Waals surface area contributed by atoms with E-state index in [4.69, 9.17) is 0 Å². The third-order valence-electron chi connectivity index (χ3n) is 5.91. The first-order chi connectivity index (χ1) is 11.3. The Morgan fingerprint density at radius 3 is 2.08 bits per heavy atom. The van der Waals surface area contributed by atoms with Crippen molar-refractivity contribution in [2.45, 2.75) is 51.4 Å². The van der Waals surface area contributed by atoms with Gasteiger partial charge in [-0.05, 0) is 59.1 Å². The van der Waals surface area contributed by atoms with E-state index in [2.05, 4.69) is 92.7 Å². The first kappa shape index (κ1) is 15.4. The van der Waals surface area contributed by atoms with Crippen LogP contribution in [0.25, 0.3) is 16.7 Å². The first-order valence-corrected chi connectivity index (χ1v) is 8.91. The minimum absolute atomic E-state index is 0.239. The highest BCUT2D eigenvalue weighted by atomic mass is 15.1. The van der Waals surface area contributed by atoms with Crippen LogP contribution in [0.2, 0.25) is 0 Å². The second-order valence-electron chi connectivity index (χ2n) is 8.59. The van der Waals surface area contributed by atoms with Crippen LogP contribution in [0.15, 0.2) is 48.8 Å². The van der Waals surface area contributed by atoms with Gasteiger partial charge >= 0.3 is 0 Å². The number of nitrogens with zero attached hydrogens (tertiary/aromatic N) is 2. The van der Waals surface area contributed by atoms with E-state index in [-0.39, 0.29) is 10.8 Å². The molecule has 3 aromatic rings. The lowest BCUT2D eigenvalue weighted by Gasteiger charge is -2.41. The number of aromatic nitrogens is 2. The maximum Gasteiger partial charge on any atom is 0.249 e. The van der Waals surface area contributed by atoms with Crippen molar-refractivity contribution in [1.29, 1.82) is 0 Å². The molecule has 0 bridgehead atoms. The maximum absolute atomic E-state index is 2.44. The van der Waals surface area contributed by atoms with E-state index in [0.29, 0.717) is 0 Å². The molecule has 124 valence electrons. The summed E-state index contributed by atoms with van der Waals surface area (Å²) in [6, 6.07) is 15.5. The Kier molecular flexibility index (Phi) is 3.19. The highest BCUT2D eigenvalue weighted by Gasteiger charge is 2.38. The molecule has 0 N–H and O–H groups in total. The third kappa shape index (κ3) is 2.20. The zero-order valence-corrected chi connectivity index (χ0v) is 15.4. The molecule has 2 aromatic carbocycles. The number of hydrogen-bond donors (Lipinski definition) is 0. The molecular formula is C22H27N2+. The first-order valence-electron chi connectivity index (χ1n) is 8.91. The summed E-state index contributed by atoms with van der Waals surface area (Å²) < 4.78 is 4.56. The van der Waals surface area contributed by atoms with Gasteiger partial charge in [0.1, 0.15) is 5.69 Å². The SMILES string of the molecule is C[n+]1cn(-c2ccccc2)c2cc3c(cc21)C(C)(C)CCC3(C)C. The van der Waals surface area contributed by atoms with E-state index < -0.39 is 0 Å². The van der Waals surface area contributed by atoms with Crippen molar-refractivity contribution in [3.63, 3.8) is 0 Å². The zero-order valence-electron chi connectivity index (χ0n) is 15.4. The molecule has 0 amide bonds. The van der Waals surface area contributed by atoms with Gasteiger partial charge in [-0.3, -0.25) is 0 Å². The summed E-state index contributed by atoms with van der Waals surface area (Å²) in [6.07, 6.45) is 4.70. The predicted molar refractivity (Wildman–Crippen MR) is 99.7 cm³/mol. The van der Waals surface area contributed by atoms with Crippen molar-refractivity contribution in [2.75, 3.05) is 0 Å². The van der Waals surface area contributed by atoms with Crippen molar-refractivity contribution in [3.8, 4) is 5.69 Å². The van der Waals surface area contributed by atoms with Gasteiger partial charge in [-0.1, -0.05) is 45.9 Å². The van der Waals surface area contributed by atoms with Crippen LogP contribution in [0.3, 0.4) is 0 Å². The zero-order chi connectivity index (χ0) is 17.1. The highest BCUT2D eigenvalue weighted by molar-refractivity contribution is 5.77. The Hall–Kier alpha value is -2.09. The van der Waals surface area contributed by atoms with E-state index in [1.807, 2.05) is 0 Å². The van der Waals surface area contributed by atoms with Gasteiger partial charge in [0, 0.05) is 0 Å². The molecule has 0 unspecified atom stereocenters. The smallest absolute Gasteiger partial charge is 0.232 e. The molecular weight excluding hydrogens is 292 g/mol. The van der Waals surface area contributed by atoms with Gasteiger partial charge in [0.05, 0.1) is 7.05 Å². The second kappa shape index (κ2) is 4.95. The van der Waals surface area contributed by atoms with Crippen LogP contribution in [0.1, 0.15) is 51.7 Å². The normalized spacial score (nSPS) is 18.5. The monoisotopic (exact) mass is 319 g/mol. The van der Waals surface area contributed by atoms with Crippen molar-refractivity contribution in [3.05, 3.63) is 59.9 Å². The molecule has 4 rings (SSSR count). The molecule has 0 fully saturated rings. The lowest BCUT2D eigenvalue weighted by atomic mass is 9.63. The van der Waals surface area contributed by atoms with Crippen LogP contribution in [0, 0.1) is 0 Å². The van der Waals surface area contributed by atoms with Crippen LogP contribution < -0.4 is 4.57 Å². The fraction of sp³-hybridized carbons (Fsp3) is 0.409. The van der Waals surface area contributed by atoms with E-state index in [0.717, 1.165) is 0 Å². The van der Waals surface area contributed by atoms with Gasteiger partial charge in [-0.25, -0.2) is 4.57 Å². The Morgan fingerprint density at radius 2 is 1.46 bits per heavy atom. The van der Waals surface area contributed by atoms with Crippen molar-refractivity contribution in [2.24, 2.45) is 7.05 Å². The van der Waals surface area contributed by atoms with Gasteiger partial charge in [0.2, 0.25) is 6.33 Å². The number of para-hydroxylation sites is 1. The molecule has 1 aliphatic rings. The van der Waals surface area contributed by atoms with Crippen molar-refractivity contribution >= 4 is 11.0 Å². The quantitative estimate of drug-likeness (QED) is 0.570.